The van der Waals surface area contributed by atoms with Gasteiger partial charge in [0, 0.05) is 36.9 Å². The number of benzene rings is 2. The molecule has 0 spiro atoms. The lowest BCUT2D eigenvalue weighted by Crippen LogP contribution is -2.50. The van der Waals surface area contributed by atoms with E-state index in [0.29, 0.717) is 48.2 Å². The van der Waals surface area contributed by atoms with Gasteiger partial charge in [0.1, 0.15) is 11.8 Å². The molecule has 0 unspecified atom stereocenters. The highest BCUT2D eigenvalue weighted by Crippen LogP contribution is 2.24. The highest BCUT2D eigenvalue weighted by molar-refractivity contribution is 6.30. The van der Waals surface area contributed by atoms with Gasteiger partial charge in [-0.1, -0.05) is 11.6 Å². The Morgan fingerprint density at radius 1 is 1.15 bits per heavy atom. The number of amides is 1. The number of piperazine rings is 1. The third-order valence-corrected chi connectivity index (χ3v) is 4.54. The first-order valence-electron chi connectivity index (χ1n) is 8.27. The first-order chi connectivity index (χ1) is 12.6. The van der Waals surface area contributed by atoms with Crippen molar-refractivity contribution in [1.82, 2.24) is 4.90 Å². The predicted molar refractivity (Wildman–Crippen MR) is 101 cm³/mol. The third kappa shape index (κ3) is 4.19. The molecule has 1 aliphatic heterocycles. The number of carbonyl (C=O) groups excluding carboxylic acids is 1. The first kappa shape index (κ1) is 17.9. The van der Waals surface area contributed by atoms with Gasteiger partial charge in [0.15, 0.2) is 6.61 Å². The van der Waals surface area contributed by atoms with Crippen LogP contribution in [0.4, 0.5) is 11.4 Å². The van der Waals surface area contributed by atoms with Crippen molar-refractivity contribution in [3.8, 4) is 11.8 Å². The van der Waals surface area contributed by atoms with Gasteiger partial charge in [-0.05, 0) is 42.5 Å². The molecule has 0 atom stereocenters. The average molecular weight is 371 g/mol. The van der Waals surface area contributed by atoms with Crippen molar-refractivity contribution in [2.75, 3.05) is 43.4 Å². The van der Waals surface area contributed by atoms with E-state index in [-0.39, 0.29) is 12.5 Å². The van der Waals surface area contributed by atoms with Crippen LogP contribution in [0.3, 0.4) is 0 Å². The zero-order valence-corrected chi connectivity index (χ0v) is 14.9. The summed E-state index contributed by atoms with van der Waals surface area (Å²) in [5, 5.41) is 9.91. The number of nitriles is 1. The van der Waals surface area contributed by atoms with Crippen molar-refractivity contribution >= 4 is 28.9 Å². The third-order valence-electron chi connectivity index (χ3n) is 4.29. The van der Waals surface area contributed by atoms with E-state index in [1.165, 1.54) is 0 Å². The molecule has 1 aliphatic rings. The van der Waals surface area contributed by atoms with Crippen molar-refractivity contribution in [3.05, 3.63) is 53.1 Å². The standard InChI is InChI=1S/C19H19ClN4O2/c20-15-1-4-17(5-2-15)26-13-19(25)24-9-7-23(8-10-24)18-6-3-16(22)11-14(18)12-21/h1-6,11H,7-10,13,22H2. The Kier molecular flexibility index (Phi) is 5.49. The molecule has 6 nitrogen and oxygen atoms in total. The maximum atomic E-state index is 12.3. The molecule has 0 saturated carbocycles. The Balaban J connectivity index is 1.54. The summed E-state index contributed by atoms with van der Waals surface area (Å²) in [6, 6.07) is 14.4. The monoisotopic (exact) mass is 370 g/mol. The van der Waals surface area contributed by atoms with E-state index in [4.69, 9.17) is 22.1 Å². The van der Waals surface area contributed by atoms with E-state index in [9.17, 15) is 10.1 Å². The van der Waals surface area contributed by atoms with E-state index in [1.807, 2.05) is 6.07 Å². The summed E-state index contributed by atoms with van der Waals surface area (Å²) >= 11 is 5.83. The smallest absolute Gasteiger partial charge is 0.260 e. The first-order valence-corrected chi connectivity index (χ1v) is 8.65. The molecule has 0 aliphatic carbocycles. The van der Waals surface area contributed by atoms with Gasteiger partial charge in [-0.2, -0.15) is 5.26 Å². The molecule has 1 amide bonds. The zero-order valence-electron chi connectivity index (χ0n) is 14.2. The number of anilines is 2. The minimum Gasteiger partial charge on any atom is -0.484 e. The highest BCUT2D eigenvalue weighted by atomic mass is 35.5. The van der Waals surface area contributed by atoms with Crippen LogP contribution in [0.2, 0.25) is 5.02 Å². The molecule has 1 saturated heterocycles. The number of nitrogens with two attached hydrogens (primary N) is 1. The van der Waals surface area contributed by atoms with Crippen LogP contribution in [0.1, 0.15) is 5.56 Å². The van der Waals surface area contributed by atoms with Crippen molar-refractivity contribution < 1.29 is 9.53 Å². The van der Waals surface area contributed by atoms with E-state index < -0.39 is 0 Å². The molecule has 0 aromatic heterocycles. The molecule has 2 aromatic rings. The Hall–Kier alpha value is -2.91. The van der Waals surface area contributed by atoms with E-state index in [2.05, 4.69) is 11.0 Å². The van der Waals surface area contributed by atoms with Gasteiger partial charge in [0.2, 0.25) is 0 Å². The number of halogens is 1. The molecular weight excluding hydrogens is 352 g/mol. The van der Waals surface area contributed by atoms with Crippen LogP contribution >= 0.6 is 11.6 Å². The van der Waals surface area contributed by atoms with Gasteiger partial charge in [-0.15, -0.1) is 0 Å². The Bertz CT molecular complexity index is 824. The summed E-state index contributed by atoms with van der Waals surface area (Å²) in [5.41, 5.74) is 7.71. The van der Waals surface area contributed by atoms with E-state index >= 15 is 0 Å². The average Bonchev–Trinajstić information content (AvgIpc) is 2.67. The molecule has 2 N–H and O–H groups in total. The minimum atomic E-state index is -0.0580. The van der Waals surface area contributed by atoms with Crippen molar-refractivity contribution in [2.24, 2.45) is 0 Å². The number of hydrogen-bond acceptors (Lipinski definition) is 5. The molecule has 26 heavy (non-hydrogen) atoms. The second kappa shape index (κ2) is 7.98. The molecule has 0 bridgehead atoms. The molecule has 1 heterocycles. The number of ether oxygens (including phenoxy) is 1. The molecule has 3 rings (SSSR count). The molecule has 134 valence electrons. The number of nitrogen functional groups attached to an aromatic ring is 1. The summed E-state index contributed by atoms with van der Waals surface area (Å²) < 4.78 is 5.52. The van der Waals surface area contributed by atoms with Gasteiger partial charge in [-0.25, -0.2) is 0 Å². The van der Waals surface area contributed by atoms with Crippen LogP contribution in [-0.4, -0.2) is 43.6 Å². The zero-order chi connectivity index (χ0) is 18.5. The second-order valence-corrected chi connectivity index (χ2v) is 6.44. The predicted octanol–water partition coefficient (Wildman–Crippen LogP) is 2.52. The lowest BCUT2D eigenvalue weighted by molar-refractivity contribution is -0.133. The highest BCUT2D eigenvalue weighted by Gasteiger charge is 2.23. The fourth-order valence-electron chi connectivity index (χ4n) is 2.88. The molecule has 7 heteroatoms. The molecular formula is C19H19ClN4O2. The Morgan fingerprint density at radius 3 is 2.50 bits per heavy atom. The van der Waals surface area contributed by atoms with Crippen molar-refractivity contribution in [2.45, 2.75) is 0 Å². The van der Waals surface area contributed by atoms with Crippen LogP contribution in [0.25, 0.3) is 0 Å². The maximum Gasteiger partial charge on any atom is 0.260 e. The van der Waals surface area contributed by atoms with Gasteiger partial charge in [-0.3, -0.25) is 4.79 Å². The quantitative estimate of drug-likeness (QED) is 0.836. The van der Waals surface area contributed by atoms with Crippen molar-refractivity contribution in [1.29, 1.82) is 5.26 Å². The Morgan fingerprint density at radius 2 is 1.85 bits per heavy atom. The van der Waals surface area contributed by atoms with Crippen LogP contribution < -0.4 is 15.4 Å². The summed E-state index contributed by atoms with van der Waals surface area (Å²) in [6.07, 6.45) is 0. The van der Waals surface area contributed by atoms with Gasteiger partial charge < -0.3 is 20.3 Å². The normalized spacial score (nSPS) is 14.0. The van der Waals surface area contributed by atoms with Crippen LogP contribution in [-0.2, 0) is 4.79 Å². The van der Waals surface area contributed by atoms with E-state index in [1.54, 1.807) is 41.3 Å². The number of rotatable bonds is 4. The minimum absolute atomic E-state index is 0.00700. The topological polar surface area (TPSA) is 82.6 Å². The lowest BCUT2D eigenvalue weighted by Gasteiger charge is -2.36. The SMILES string of the molecule is N#Cc1cc(N)ccc1N1CCN(C(=O)COc2ccc(Cl)cc2)CC1. The second-order valence-electron chi connectivity index (χ2n) is 6.00. The maximum absolute atomic E-state index is 12.3. The molecule has 1 fully saturated rings. The summed E-state index contributed by atoms with van der Waals surface area (Å²) in [4.78, 5) is 16.2. The van der Waals surface area contributed by atoms with E-state index in [0.717, 1.165) is 5.69 Å². The van der Waals surface area contributed by atoms with Gasteiger partial charge >= 0.3 is 0 Å². The fourth-order valence-corrected chi connectivity index (χ4v) is 3.01. The summed E-state index contributed by atoms with van der Waals surface area (Å²) in [6.45, 7) is 2.47. The van der Waals surface area contributed by atoms with Crippen LogP contribution in [0.5, 0.6) is 5.75 Å². The van der Waals surface area contributed by atoms with Crippen molar-refractivity contribution in [3.63, 3.8) is 0 Å². The van der Waals surface area contributed by atoms with Crippen LogP contribution in [0.15, 0.2) is 42.5 Å². The summed E-state index contributed by atoms with van der Waals surface area (Å²) in [7, 11) is 0. The fraction of sp³-hybridized carbons (Fsp3) is 0.263. The van der Waals surface area contributed by atoms with Gasteiger partial charge in [0.25, 0.3) is 5.91 Å². The van der Waals surface area contributed by atoms with Gasteiger partial charge in [0.05, 0.1) is 11.3 Å². The number of nitrogens with zero attached hydrogens (tertiary/aromatic N) is 3. The molecule has 2 aromatic carbocycles. The van der Waals surface area contributed by atoms with Crippen LogP contribution in [0, 0.1) is 11.3 Å². The number of carbonyl (C=O) groups is 1. The largest absolute Gasteiger partial charge is 0.484 e. The Labute approximate surface area is 157 Å². The summed E-state index contributed by atoms with van der Waals surface area (Å²) in [5.74, 6) is 0.555. The lowest BCUT2D eigenvalue weighted by atomic mass is 10.1. The number of hydrogen-bond donors (Lipinski definition) is 1. The molecule has 0 radical (unpaired) electrons.